The van der Waals surface area contributed by atoms with Crippen LogP contribution in [0.3, 0.4) is 0 Å². The molecule has 1 saturated carbocycles. The van der Waals surface area contributed by atoms with E-state index in [0.717, 1.165) is 31.4 Å². The highest BCUT2D eigenvalue weighted by Crippen LogP contribution is 2.26. The third kappa shape index (κ3) is 2.95. The minimum Gasteiger partial charge on any atom is -0.301 e. The van der Waals surface area contributed by atoms with Crippen molar-refractivity contribution in [1.82, 2.24) is 9.97 Å². The second kappa shape index (κ2) is 5.30. The number of aromatic nitrogens is 2. The Morgan fingerprint density at radius 1 is 1.50 bits per heavy atom. The number of nitrogens with one attached hydrogen (secondary N) is 1. The van der Waals surface area contributed by atoms with Crippen LogP contribution in [-0.4, -0.2) is 21.5 Å². The molecule has 1 N–H and O–H groups in total. The zero-order valence-corrected chi connectivity index (χ0v) is 9.76. The third-order valence-corrected chi connectivity index (χ3v) is 3.70. The van der Waals surface area contributed by atoms with Crippen molar-refractivity contribution in [2.24, 2.45) is 5.92 Å². The summed E-state index contributed by atoms with van der Waals surface area (Å²) in [6, 6.07) is 1.39. The van der Waals surface area contributed by atoms with Gasteiger partial charge in [0.25, 0.3) is 5.56 Å². The average molecular weight is 238 g/mol. The number of nitrogens with zero attached hydrogens (tertiary/aromatic N) is 1. The van der Waals surface area contributed by atoms with Gasteiger partial charge in [-0.2, -0.15) is 0 Å². The van der Waals surface area contributed by atoms with Crippen LogP contribution < -0.4 is 5.56 Å². The zero-order valence-electron chi connectivity index (χ0n) is 8.94. The lowest BCUT2D eigenvalue weighted by Gasteiger charge is -2.06. The first-order chi connectivity index (χ1) is 7.75. The largest absolute Gasteiger partial charge is 0.301 e. The summed E-state index contributed by atoms with van der Waals surface area (Å²) < 4.78 is 0. The third-order valence-electron chi connectivity index (χ3n) is 2.78. The second-order valence-electron chi connectivity index (χ2n) is 3.93. The van der Waals surface area contributed by atoms with Crippen molar-refractivity contribution in [3.05, 3.63) is 22.6 Å². The number of hydrogen-bond acceptors (Lipinski definition) is 4. The van der Waals surface area contributed by atoms with Gasteiger partial charge in [0.05, 0.1) is 0 Å². The molecule has 0 radical (unpaired) electrons. The van der Waals surface area contributed by atoms with Gasteiger partial charge in [-0.1, -0.05) is 11.8 Å². The number of carbonyl (C=O) groups is 1. The van der Waals surface area contributed by atoms with Crippen molar-refractivity contribution in [2.45, 2.75) is 30.8 Å². The molecule has 2 rings (SSSR count). The number of Topliss-reactive ketones (excluding diaryl/α,β-unsaturated/α-hetero) is 1. The first-order valence-electron chi connectivity index (χ1n) is 5.46. The minimum absolute atomic E-state index is 0.130. The summed E-state index contributed by atoms with van der Waals surface area (Å²) in [5.41, 5.74) is -0.130. The predicted octanol–water partition coefficient (Wildman–Crippen LogP) is 1.62. The minimum atomic E-state index is -0.130. The van der Waals surface area contributed by atoms with Gasteiger partial charge in [0.15, 0.2) is 5.16 Å². The van der Waals surface area contributed by atoms with Crippen molar-refractivity contribution in [2.75, 3.05) is 5.75 Å². The summed E-state index contributed by atoms with van der Waals surface area (Å²) in [7, 11) is 0. The lowest BCUT2D eigenvalue weighted by molar-refractivity contribution is -0.120. The average Bonchev–Trinajstić information content (AvgIpc) is 2.65. The summed E-state index contributed by atoms with van der Waals surface area (Å²) in [6.45, 7) is 0. The van der Waals surface area contributed by atoms with E-state index in [1.54, 1.807) is 0 Å². The molecule has 0 saturated heterocycles. The fourth-order valence-corrected chi connectivity index (χ4v) is 2.82. The molecular formula is C11H14N2O2S. The van der Waals surface area contributed by atoms with Crippen molar-refractivity contribution < 1.29 is 4.79 Å². The fourth-order valence-electron chi connectivity index (χ4n) is 1.92. The van der Waals surface area contributed by atoms with E-state index < -0.39 is 0 Å². The molecule has 1 unspecified atom stereocenters. The molecule has 0 aliphatic heterocycles. The maximum atomic E-state index is 11.4. The van der Waals surface area contributed by atoms with Gasteiger partial charge in [-0.3, -0.25) is 9.59 Å². The number of hydrogen-bond donors (Lipinski definition) is 1. The molecule has 4 nitrogen and oxygen atoms in total. The first-order valence-corrected chi connectivity index (χ1v) is 6.45. The standard InChI is InChI=1S/C11H14N2O2S/c14-9-3-1-2-8(9)5-7-16-11-12-6-4-10(15)13-11/h4,6,8H,1-3,5,7H2,(H,12,13,15). The van der Waals surface area contributed by atoms with E-state index >= 15 is 0 Å². The number of carbonyl (C=O) groups excluding carboxylic acids is 1. The Hall–Kier alpha value is -1.10. The second-order valence-corrected chi connectivity index (χ2v) is 5.02. The Bertz CT molecular complexity index is 430. The van der Waals surface area contributed by atoms with Gasteiger partial charge in [-0.25, -0.2) is 4.98 Å². The number of thioether (sulfide) groups is 1. The fraction of sp³-hybridized carbons (Fsp3) is 0.545. The highest BCUT2D eigenvalue weighted by atomic mass is 32.2. The van der Waals surface area contributed by atoms with Crippen molar-refractivity contribution in [3.8, 4) is 0 Å². The molecule has 16 heavy (non-hydrogen) atoms. The maximum Gasteiger partial charge on any atom is 0.251 e. The highest BCUT2D eigenvalue weighted by Gasteiger charge is 2.23. The van der Waals surface area contributed by atoms with Crippen LogP contribution in [0.2, 0.25) is 0 Å². The van der Waals surface area contributed by atoms with Gasteiger partial charge in [0.2, 0.25) is 0 Å². The van der Waals surface area contributed by atoms with Crippen molar-refractivity contribution >= 4 is 17.5 Å². The molecule has 0 aromatic carbocycles. The molecule has 1 atom stereocenters. The normalized spacial score (nSPS) is 20.2. The summed E-state index contributed by atoms with van der Waals surface area (Å²) >= 11 is 1.50. The molecule has 86 valence electrons. The van der Waals surface area contributed by atoms with E-state index in [1.807, 2.05) is 0 Å². The SMILES string of the molecule is O=C1CCCC1CCSc1nccc(=O)[nH]1. The number of ketones is 1. The van der Waals surface area contributed by atoms with Crippen LogP contribution in [0.15, 0.2) is 22.2 Å². The topological polar surface area (TPSA) is 62.8 Å². The number of rotatable bonds is 4. The summed E-state index contributed by atoms with van der Waals surface area (Å²) in [4.78, 5) is 29.1. The van der Waals surface area contributed by atoms with Crippen LogP contribution >= 0.6 is 11.8 Å². The van der Waals surface area contributed by atoms with E-state index in [1.165, 1.54) is 24.0 Å². The van der Waals surface area contributed by atoms with Gasteiger partial charge >= 0.3 is 0 Å². The van der Waals surface area contributed by atoms with Crippen LogP contribution in [0.25, 0.3) is 0 Å². The van der Waals surface area contributed by atoms with Crippen molar-refractivity contribution in [3.63, 3.8) is 0 Å². The zero-order chi connectivity index (χ0) is 11.4. The Balaban J connectivity index is 1.80. The van der Waals surface area contributed by atoms with Crippen LogP contribution in [0.4, 0.5) is 0 Å². The van der Waals surface area contributed by atoms with Crippen LogP contribution in [0, 0.1) is 5.92 Å². The molecule has 1 fully saturated rings. The van der Waals surface area contributed by atoms with Crippen LogP contribution in [0.1, 0.15) is 25.7 Å². The van der Waals surface area contributed by atoms with Gasteiger partial charge in [-0.15, -0.1) is 0 Å². The van der Waals surface area contributed by atoms with Gasteiger partial charge in [0, 0.05) is 30.4 Å². The van der Waals surface area contributed by atoms with E-state index in [9.17, 15) is 9.59 Å². The lowest BCUT2D eigenvalue weighted by atomic mass is 10.1. The Kier molecular flexibility index (Phi) is 3.77. The molecule has 1 heterocycles. The Morgan fingerprint density at radius 3 is 3.06 bits per heavy atom. The van der Waals surface area contributed by atoms with Crippen LogP contribution in [0.5, 0.6) is 0 Å². The number of H-pyrrole nitrogens is 1. The van der Waals surface area contributed by atoms with Gasteiger partial charge in [0.1, 0.15) is 5.78 Å². The summed E-state index contributed by atoms with van der Waals surface area (Å²) in [5.74, 6) is 1.47. The first kappa shape index (κ1) is 11.4. The van der Waals surface area contributed by atoms with E-state index in [-0.39, 0.29) is 11.5 Å². The quantitative estimate of drug-likeness (QED) is 0.639. The molecule has 0 amide bonds. The Labute approximate surface area is 97.9 Å². The monoisotopic (exact) mass is 238 g/mol. The molecule has 1 aromatic rings. The van der Waals surface area contributed by atoms with E-state index in [2.05, 4.69) is 9.97 Å². The maximum absolute atomic E-state index is 11.4. The summed E-state index contributed by atoms with van der Waals surface area (Å²) in [6.07, 6.45) is 5.20. The van der Waals surface area contributed by atoms with Crippen molar-refractivity contribution in [1.29, 1.82) is 0 Å². The van der Waals surface area contributed by atoms with Crippen LogP contribution in [-0.2, 0) is 4.79 Å². The lowest BCUT2D eigenvalue weighted by Crippen LogP contribution is -2.08. The van der Waals surface area contributed by atoms with E-state index in [0.29, 0.717) is 10.9 Å². The number of aromatic amines is 1. The Morgan fingerprint density at radius 2 is 2.38 bits per heavy atom. The molecule has 5 heteroatoms. The molecule has 1 aliphatic rings. The van der Waals surface area contributed by atoms with Gasteiger partial charge < -0.3 is 4.98 Å². The van der Waals surface area contributed by atoms with Gasteiger partial charge in [-0.05, 0) is 19.3 Å². The molecule has 1 aliphatic carbocycles. The highest BCUT2D eigenvalue weighted by molar-refractivity contribution is 7.99. The molecular weight excluding hydrogens is 224 g/mol. The molecule has 1 aromatic heterocycles. The molecule has 0 spiro atoms. The van der Waals surface area contributed by atoms with E-state index in [4.69, 9.17) is 0 Å². The predicted molar refractivity (Wildman–Crippen MR) is 62.5 cm³/mol. The smallest absolute Gasteiger partial charge is 0.251 e. The molecule has 0 bridgehead atoms. The summed E-state index contributed by atoms with van der Waals surface area (Å²) in [5, 5.41) is 0.637.